The van der Waals surface area contributed by atoms with E-state index in [1.54, 1.807) is 0 Å². The van der Waals surface area contributed by atoms with Gasteiger partial charge >= 0.3 is 118 Å². The molecule has 0 aromatic heterocycles. The van der Waals surface area contributed by atoms with Crippen molar-refractivity contribution >= 4 is 41.6 Å². The summed E-state index contributed by atoms with van der Waals surface area (Å²) in [5.74, 6) is -10.7. The third-order valence-electron chi connectivity index (χ3n) is 2.06. The Hall–Kier alpha value is 3.32. The molecule has 4 unspecified atom stereocenters. The van der Waals surface area contributed by atoms with E-state index < -0.39 is 65.8 Å². The molecule has 0 spiro atoms. The molecule has 0 aromatic carbocycles. The molecular formula is C4H6Na4O20S4. The van der Waals surface area contributed by atoms with Crippen molar-refractivity contribution in [1.82, 2.24) is 0 Å². The summed E-state index contributed by atoms with van der Waals surface area (Å²) in [6.07, 6.45) is -8.53. The summed E-state index contributed by atoms with van der Waals surface area (Å²) < 4.78 is 138. The van der Waals surface area contributed by atoms with Crippen LogP contribution in [0.5, 0.6) is 0 Å². The Morgan fingerprint density at radius 1 is 0.531 bits per heavy atom. The Morgan fingerprint density at radius 3 is 0.844 bits per heavy atom. The first-order chi connectivity index (χ1) is 11.9. The van der Waals surface area contributed by atoms with Crippen molar-refractivity contribution in [2.75, 3.05) is 0 Å². The Labute approximate surface area is 268 Å². The average Bonchev–Trinajstić information content (AvgIpc) is 2.29. The van der Waals surface area contributed by atoms with E-state index in [9.17, 15) is 72.3 Å². The molecule has 0 radical (unpaired) electrons. The standard InChI is InChI=1S/C4H10O20S4.4Na/c5-1(21-25(9,10)11)3(7,23-27(15,16)17)4(8,24-28(18,19)20)2(6)22-26(12,13)14;;;;/h1-2,5-8H,(H,9,10,11)(H,12,13,14)(H,15,16,17)(H,18,19,20);;;;/q;4*+1/p-4. The zero-order valence-corrected chi connectivity index (χ0v) is 27.4. The van der Waals surface area contributed by atoms with E-state index in [0.29, 0.717) is 0 Å². The number of aliphatic hydroxyl groups excluding tert-OH is 2. The molecule has 0 heterocycles. The minimum atomic E-state index is -6.57. The fourth-order valence-corrected chi connectivity index (χ4v) is 2.95. The molecule has 0 fully saturated rings. The van der Waals surface area contributed by atoms with Gasteiger partial charge in [0.2, 0.25) is 54.2 Å². The summed E-state index contributed by atoms with van der Waals surface area (Å²) in [5, 5.41) is 37.9. The van der Waals surface area contributed by atoms with Gasteiger partial charge in [0, 0.05) is 0 Å². The number of aliphatic hydroxyl groups is 4. The Morgan fingerprint density at radius 2 is 0.719 bits per heavy atom. The van der Waals surface area contributed by atoms with Crippen LogP contribution in [0.25, 0.3) is 0 Å². The molecule has 170 valence electrons. The maximum absolute atomic E-state index is 10.6. The first kappa shape index (κ1) is 45.3. The molecule has 4 atom stereocenters. The molecule has 0 aromatic rings. The summed E-state index contributed by atoms with van der Waals surface area (Å²) in [6, 6.07) is 0. The Kier molecular flexibility index (Phi) is 22.2. The number of hydrogen-bond donors (Lipinski definition) is 4. The van der Waals surface area contributed by atoms with Gasteiger partial charge in [0.25, 0.3) is 11.6 Å². The van der Waals surface area contributed by atoms with Crippen LogP contribution >= 0.6 is 0 Å². The normalized spacial score (nSPS) is 18.1. The van der Waals surface area contributed by atoms with Gasteiger partial charge in [0.05, 0.1) is 0 Å². The zero-order chi connectivity index (χ0) is 23.0. The van der Waals surface area contributed by atoms with Gasteiger partial charge in [-0.3, -0.25) is 0 Å². The molecule has 20 nitrogen and oxygen atoms in total. The van der Waals surface area contributed by atoms with Gasteiger partial charge in [0.15, 0.2) is 0 Å². The molecule has 0 aliphatic carbocycles. The summed E-state index contributed by atoms with van der Waals surface area (Å²) in [6.45, 7) is 0. The van der Waals surface area contributed by atoms with Gasteiger partial charge in [-0.1, -0.05) is 0 Å². The van der Waals surface area contributed by atoms with Gasteiger partial charge in [-0.05, 0) is 0 Å². The van der Waals surface area contributed by atoms with E-state index in [0.717, 1.165) is 0 Å². The van der Waals surface area contributed by atoms with Crippen LogP contribution < -0.4 is 118 Å². The topological polar surface area (TPSA) is 347 Å². The third kappa shape index (κ3) is 16.2. The Bertz CT molecular complexity index is 906. The molecule has 32 heavy (non-hydrogen) atoms. The van der Waals surface area contributed by atoms with Crippen LogP contribution in [0.3, 0.4) is 0 Å². The van der Waals surface area contributed by atoms with Crippen LogP contribution in [0.1, 0.15) is 0 Å². The molecule has 4 N–H and O–H groups in total. The molecule has 0 saturated heterocycles. The minimum absolute atomic E-state index is 0. The van der Waals surface area contributed by atoms with E-state index in [2.05, 4.69) is 16.7 Å². The number of hydrogen-bond acceptors (Lipinski definition) is 20. The van der Waals surface area contributed by atoms with E-state index in [4.69, 9.17) is 0 Å². The molecule has 0 bridgehead atoms. The van der Waals surface area contributed by atoms with Gasteiger partial charge in [-0.25, -0.2) is 50.4 Å². The second kappa shape index (κ2) is 15.7. The molecule has 0 saturated carbocycles. The van der Waals surface area contributed by atoms with Crippen LogP contribution in [0.15, 0.2) is 0 Å². The van der Waals surface area contributed by atoms with Gasteiger partial charge in [-0.15, -0.1) is 0 Å². The smallest absolute Gasteiger partial charge is 0.725 e. The van der Waals surface area contributed by atoms with Crippen LogP contribution in [0.4, 0.5) is 0 Å². The Balaban J connectivity index is -0.000000607. The van der Waals surface area contributed by atoms with Crippen LogP contribution in [0, 0.1) is 0 Å². The predicted molar refractivity (Wildman–Crippen MR) is 65.0 cm³/mol. The quantitative estimate of drug-likeness (QED) is 0.0746. The maximum Gasteiger partial charge on any atom is 1.00 e. The van der Waals surface area contributed by atoms with E-state index in [-0.39, 0.29) is 118 Å². The van der Waals surface area contributed by atoms with Crippen LogP contribution in [-0.4, -0.2) is 96.5 Å². The van der Waals surface area contributed by atoms with E-state index >= 15 is 0 Å². The van der Waals surface area contributed by atoms with Gasteiger partial charge in [-0.2, -0.15) is 0 Å². The SMILES string of the molecule is O=S(=O)([O-])OC(O)C(O)(OS(=O)(=O)[O-])C(O)(OS(=O)(=O)[O-])C(O)OS(=O)(=O)[O-].[Na+].[Na+].[Na+].[Na+]. The summed E-state index contributed by atoms with van der Waals surface area (Å²) in [5.41, 5.74) is 0. The average molecular weight is 594 g/mol. The minimum Gasteiger partial charge on any atom is -0.725 e. The maximum atomic E-state index is 10.6. The first-order valence-electron chi connectivity index (χ1n) is 5.34. The van der Waals surface area contributed by atoms with Crippen molar-refractivity contribution in [3.05, 3.63) is 0 Å². The summed E-state index contributed by atoms with van der Waals surface area (Å²) >= 11 is 0. The summed E-state index contributed by atoms with van der Waals surface area (Å²) in [7, 11) is -25.7. The fourth-order valence-electron chi connectivity index (χ4n) is 1.22. The van der Waals surface area contributed by atoms with Crippen molar-refractivity contribution in [2.24, 2.45) is 0 Å². The fraction of sp³-hybridized carbons (Fsp3) is 1.00. The van der Waals surface area contributed by atoms with Crippen molar-refractivity contribution < 1.29 is 207 Å². The molecule has 0 rings (SSSR count). The van der Waals surface area contributed by atoms with Gasteiger partial charge in [0.1, 0.15) is 0 Å². The van der Waals surface area contributed by atoms with Gasteiger partial charge < -0.3 is 38.6 Å². The molecule has 28 heteroatoms. The second-order valence-corrected chi connectivity index (χ2v) is 8.07. The van der Waals surface area contributed by atoms with Crippen molar-refractivity contribution in [2.45, 2.75) is 24.2 Å². The zero-order valence-electron chi connectivity index (χ0n) is 16.1. The molecular weight excluding hydrogens is 588 g/mol. The molecule has 0 aliphatic rings. The molecule has 0 aliphatic heterocycles. The third-order valence-corrected chi connectivity index (χ3v) is 3.81. The predicted octanol–water partition coefficient (Wildman–Crippen LogP) is -19.1. The van der Waals surface area contributed by atoms with Crippen molar-refractivity contribution in [1.29, 1.82) is 0 Å². The number of rotatable bonds is 11. The van der Waals surface area contributed by atoms with E-state index in [1.807, 2.05) is 0 Å². The second-order valence-electron chi connectivity index (χ2n) is 4.09. The first-order valence-corrected chi connectivity index (χ1v) is 10.7. The van der Waals surface area contributed by atoms with E-state index in [1.165, 1.54) is 0 Å². The molecule has 0 amide bonds. The summed E-state index contributed by atoms with van der Waals surface area (Å²) in [4.78, 5) is 0. The van der Waals surface area contributed by atoms with Crippen LogP contribution in [0.2, 0.25) is 0 Å². The largest absolute Gasteiger partial charge is 1.00 e. The monoisotopic (exact) mass is 594 g/mol. The van der Waals surface area contributed by atoms with Crippen LogP contribution in [-0.2, 0) is 58.3 Å². The van der Waals surface area contributed by atoms with Crippen molar-refractivity contribution in [3.63, 3.8) is 0 Å². The van der Waals surface area contributed by atoms with Crippen molar-refractivity contribution in [3.8, 4) is 0 Å².